The van der Waals surface area contributed by atoms with E-state index in [0.717, 1.165) is 0 Å². The van der Waals surface area contributed by atoms with E-state index in [-0.39, 0.29) is 173 Å². The van der Waals surface area contributed by atoms with E-state index in [1.807, 2.05) is 0 Å². The Morgan fingerprint density at radius 3 is 1.00 bits per heavy atom. The van der Waals surface area contributed by atoms with Gasteiger partial charge in [-0.05, 0) is 0 Å². The van der Waals surface area contributed by atoms with Crippen LogP contribution in [0.5, 0.6) is 0 Å². The third kappa shape index (κ3) is 17.7. The monoisotopic (exact) mass is 264 g/mol. The molecule has 0 bridgehead atoms. The number of hydrogen-bond acceptors (Lipinski definition) is 0. The molecule has 2 N–H and O–H groups in total. The van der Waals surface area contributed by atoms with Gasteiger partial charge in [0.2, 0.25) is 0 Å². The fourth-order valence-corrected chi connectivity index (χ4v) is 0. The van der Waals surface area contributed by atoms with E-state index in [0.29, 0.717) is 0 Å². The van der Waals surface area contributed by atoms with E-state index in [1.54, 1.807) is 0 Å². The van der Waals surface area contributed by atoms with Gasteiger partial charge < -0.3 is 5.48 Å². The van der Waals surface area contributed by atoms with Crippen LogP contribution in [0, 0.1) is 0 Å². The predicted octanol–water partition coefficient (Wildman–Crippen LogP) is -3.95. The van der Waals surface area contributed by atoms with Crippen LogP contribution in [0.25, 0.3) is 0 Å². The summed E-state index contributed by atoms with van der Waals surface area (Å²) >= 11 is 0. The Labute approximate surface area is 167 Å². The first-order chi connectivity index (χ1) is 0. The first-order valence-electron chi connectivity index (χ1n) is 0. The van der Waals surface area contributed by atoms with Crippen molar-refractivity contribution in [1.29, 1.82) is 0 Å². The van der Waals surface area contributed by atoms with Crippen molar-refractivity contribution < 1.29 is 5.48 Å². The molecule has 0 radical (unpaired) electrons. The zero-order valence-electron chi connectivity index (χ0n) is 0.500. The summed E-state index contributed by atoms with van der Waals surface area (Å²) in [6, 6.07) is 0. The van der Waals surface area contributed by atoms with Gasteiger partial charge in [-0.1, -0.05) is 0 Å². The van der Waals surface area contributed by atoms with Gasteiger partial charge in [0.05, 0.1) is 0 Å². The number of rotatable bonds is 0. The Hall–Kier alpha value is 5.43. The molecule has 0 spiro atoms. The summed E-state index contributed by atoms with van der Waals surface area (Å²) in [5, 5.41) is 0. The minimum absolute atomic E-state index is 0. The van der Waals surface area contributed by atoms with Crippen LogP contribution >= 0.6 is 0 Å². The predicted molar refractivity (Wildman–Crippen MR) is 35.0 cm³/mol. The van der Waals surface area contributed by atoms with Crippen molar-refractivity contribution in [2.24, 2.45) is 0 Å². The zero-order valence-corrected chi connectivity index (χ0v) is 0.500. The van der Waals surface area contributed by atoms with Crippen molar-refractivity contribution in [2.45, 2.75) is 0 Å². The van der Waals surface area contributed by atoms with Gasteiger partial charge >= 0.3 is 168 Å². The topological polar surface area (TPSA) is 31.5 Å². The van der Waals surface area contributed by atoms with Crippen molar-refractivity contribution in [3.63, 3.8) is 0 Å². The van der Waals surface area contributed by atoms with Gasteiger partial charge in [-0.15, -0.1) is 0 Å². The maximum atomic E-state index is 0. The van der Waals surface area contributed by atoms with E-state index in [9.17, 15) is 0 Å². The Kier molecular flexibility index (Phi) is 143. The third-order valence-corrected chi connectivity index (χ3v) is 0. The van der Waals surface area contributed by atoms with Gasteiger partial charge in [0.15, 0.2) is 0 Å². The molecule has 1 nitrogen and oxygen atoms in total. The van der Waals surface area contributed by atoms with E-state index < -0.39 is 0 Å². The normalized spacial score (nSPS) is 0. The molecule has 0 rings (SSSR count). The summed E-state index contributed by atoms with van der Waals surface area (Å²) < 4.78 is 0. The molecule has 5 heteroatoms. The molecule has 20 valence electrons. The van der Waals surface area contributed by atoms with Crippen molar-refractivity contribution in [3.8, 4) is 0 Å². The van der Waals surface area contributed by atoms with Crippen LogP contribution in [0.1, 0.15) is 0 Å². The Morgan fingerprint density at radius 1 is 1.00 bits per heavy atom. The first kappa shape index (κ1) is 31.5. The van der Waals surface area contributed by atoms with E-state index in [4.69, 9.17) is 0 Å². The molecule has 0 aromatic rings. The van der Waals surface area contributed by atoms with Gasteiger partial charge in [0.1, 0.15) is 0 Å². The molecule has 0 atom stereocenters. The molecule has 0 aliphatic heterocycles. The van der Waals surface area contributed by atoms with Gasteiger partial charge in [-0.2, -0.15) is 0 Å². The number of hydrogen-bond donors (Lipinski definition) is 0. The molecule has 0 aliphatic rings. The van der Waals surface area contributed by atoms with Crippen LogP contribution in [-0.2, 0) is 0 Å². The summed E-state index contributed by atoms with van der Waals surface area (Å²) in [6.07, 6.45) is 0. The van der Waals surface area contributed by atoms with Crippen LogP contribution in [-0.4, -0.2) is 173 Å². The molecule has 0 aromatic heterocycles. The SMILES string of the molecule is O.[BaH2].[CaH2].[KH].[NaH]. The maximum absolute atomic E-state index is 0. The molecule has 0 saturated carbocycles. The Balaban J connectivity index is 0. The van der Waals surface area contributed by atoms with Gasteiger partial charge in [-0.3, -0.25) is 0 Å². The fraction of sp³-hybridized carbons (Fsp3) is 0. The minimum atomic E-state index is 0. The average Bonchev–Trinajstić information content (AvgIpc) is 0. The van der Waals surface area contributed by atoms with Crippen LogP contribution < -0.4 is 0 Å². The summed E-state index contributed by atoms with van der Waals surface area (Å²) in [5.74, 6) is 0. The van der Waals surface area contributed by atoms with Crippen molar-refractivity contribution in [1.82, 2.24) is 0 Å². The van der Waals surface area contributed by atoms with Gasteiger partial charge in [0.25, 0.3) is 0 Å². The second-order valence-electron chi connectivity index (χ2n) is 0. The van der Waals surface area contributed by atoms with Crippen molar-refractivity contribution in [2.75, 3.05) is 0 Å². The van der Waals surface area contributed by atoms with Crippen molar-refractivity contribution in [3.05, 3.63) is 0 Å². The average molecular weight is 264 g/mol. The summed E-state index contributed by atoms with van der Waals surface area (Å²) in [5.41, 5.74) is 0. The van der Waals surface area contributed by atoms with Crippen LogP contribution in [0.2, 0.25) is 0 Å². The summed E-state index contributed by atoms with van der Waals surface area (Å²) in [7, 11) is 0. The summed E-state index contributed by atoms with van der Waals surface area (Å²) in [4.78, 5) is 0. The van der Waals surface area contributed by atoms with E-state index in [1.165, 1.54) is 0 Å². The molecule has 0 unspecified atom stereocenters. The summed E-state index contributed by atoms with van der Waals surface area (Å²) in [6.45, 7) is 0. The third-order valence-electron chi connectivity index (χ3n) is 0. The standard InChI is InChI=1S/Ba.Ca.K.Na.H2O.6H/h;;;;1H2;;;;;;. The molecule has 0 amide bonds. The molecular formula is H8BaCaKNaO. The second kappa shape index (κ2) is 22.7. The first-order valence-corrected chi connectivity index (χ1v) is 0. The van der Waals surface area contributed by atoms with Crippen LogP contribution in [0.15, 0.2) is 0 Å². The quantitative estimate of drug-likeness (QED) is 0.400. The molecular weight excluding hydrogens is 255 g/mol. The van der Waals surface area contributed by atoms with Crippen LogP contribution in [0.3, 0.4) is 0 Å². The molecule has 0 aromatic carbocycles. The molecule has 5 heavy (non-hydrogen) atoms. The second-order valence-corrected chi connectivity index (χ2v) is 0. The Bertz CT molecular complexity index is 11.6. The fourth-order valence-electron chi connectivity index (χ4n) is 0. The van der Waals surface area contributed by atoms with Crippen molar-refractivity contribution >= 4 is 168 Å². The van der Waals surface area contributed by atoms with E-state index in [2.05, 4.69) is 0 Å². The van der Waals surface area contributed by atoms with Gasteiger partial charge in [-0.25, -0.2) is 0 Å². The molecule has 0 aliphatic carbocycles. The molecule has 0 saturated heterocycles. The molecule has 0 heterocycles. The van der Waals surface area contributed by atoms with Gasteiger partial charge in [0, 0.05) is 0 Å². The molecule has 0 fully saturated rings. The Morgan fingerprint density at radius 2 is 1.00 bits per heavy atom. The van der Waals surface area contributed by atoms with Crippen LogP contribution in [0.4, 0.5) is 0 Å². The zero-order chi connectivity index (χ0) is 0. The van der Waals surface area contributed by atoms with E-state index >= 15 is 0 Å².